The molecule has 1 atom stereocenters. The van der Waals surface area contributed by atoms with E-state index >= 15 is 0 Å². The van der Waals surface area contributed by atoms with Crippen molar-refractivity contribution in [1.82, 2.24) is 0 Å². The molecule has 0 aromatic heterocycles. The summed E-state index contributed by atoms with van der Waals surface area (Å²) in [5.41, 5.74) is 7.30. The second kappa shape index (κ2) is 6.16. The van der Waals surface area contributed by atoms with E-state index in [-0.39, 0.29) is 11.1 Å². The molecule has 6 nitrogen and oxygen atoms in total. The molecule has 2 N–H and O–H groups in total. The maximum atomic E-state index is 13.1. The van der Waals surface area contributed by atoms with Crippen LogP contribution in [-0.2, 0) is 16.0 Å². The fourth-order valence-electron chi connectivity index (χ4n) is 2.95. The third-order valence-corrected chi connectivity index (χ3v) is 4.09. The second-order valence-electron chi connectivity index (χ2n) is 5.46. The lowest BCUT2D eigenvalue weighted by molar-refractivity contribution is -0.119. The molecule has 2 aromatic carbocycles. The van der Waals surface area contributed by atoms with Gasteiger partial charge in [-0.2, -0.15) is 0 Å². The van der Waals surface area contributed by atoms with Crippen molar-refractivity contribution < 1.29 is 19.1 Å². The number of primary amides is 1. The summed E-state index contributed by atoms with van der Waals surface area (Å²) in [6.45, 7) is 0. The van der Waals surface area contributed by atoms with Crippen molar-refractivity contribution in [3.63, 3.8) is 0 Å². The van der Waals surface area contributed by atoms with Gasteiger partial charge in [0.25, 0.3) is 5.91 Å². The Morgan fingerprint density at radius 3 is 2.33 bits per heavy atom. The van der Waals surface area contributed by atoms with Crippen LogP contribution >= 0.6 is 0 Å². The van der Waals surface area contributed by atoms with Crippen molar-refractivity contribution in [2.45, 2.75) is 12.5 Å². The smallest absolute Gasteiger partial charge is 0.338 e. The Morgan fingerprint density at radius 1 is 1.04 bits per heavy atom. The molecule has 1 unspecified atom stereocenters. The number of ether oxygens (including phenoxy) is 1. The monoisotopic (exact) mass is 324 g/mol. The first-order chi connectivity index (χ1) is 11.5. The quantitative estimate of drug-likeness (QED) is 0.867. The highest BCUT2D eigenvalue weighted by Crippen LogP contribution is 2.33. The minimum atomic E-state index is -0.777. The van der Waals surface area contributed by atoms with E-state index in [1.54, 1.807) is 24.3 Å². The van der Waals surface area contributed by atoms with Crippen LogP contribution in [-0.4, -0.2) is 30.9 Å². The number of amides is 2. The lowest BCUT2D eigenvalue weighted by Crippen LogP contribution is -2.46. The minimum Gasteiger partial charge on any atom is -0.465 e. The first-order valence-corrected chi connectivity index (χ1v) is 7.42. The van der Waals surface area contributed by atoms with Crippen LogP contribution in [0.15, 0.2) is 48.5 Å². The number of carbonyl (C=O) groups excluding carboxylic acids is 3. The largest absolute Gasteiger partial charge is 0.465 e. The summed E-state index contributed by atoms with van der Waals surface area (Å²) in [5.74, 6) is -1.65. The van der Waals surface area contributed by atoms with Crippen molar-refractivity contribution in [1.29, 1.82) is 0 Å². The number of nitrogens with zero attached hydrogens (tertiary/aromatic N) is 1. The zero-order valence-electron chi connectivity index (χ0n) is 13.1. The van der Waals surface area contributed by atoms with Gasteiger partial charge in [-0.25, -0.2) is 4.79 Å². The number of anilines is 1. The number of benzene rings is 2. The van der Waals surface area contributed by atoms with E-state index in [0.717, 1.165) is 5.56 Å². The van der Waals surface area contributed by atoms with Gasteiger partial charge in [-0.15, -0.1) is 0 Å². The lowest BCUT2D eigenvalue weighted by atomic mass is 10.1. The van der Waals surface area contributed by atoms with Crippen LogP contribution in [0.5, 0.6) is 0 Å². The van der Waals surface area contributed by atoms with Gasteiger partial charge < -0.3 is 10.5 Å². The van der Waals surface area contributed by atoms with Crippen molar-refractivity contribution in [3.8, 4) is 0 Å². The van der Waals surface area contributed by atoms with E-state index in [1.807, 2.05) is 12.1 Å². The first kappa shape index (κ1) is 15.7. The van der Waals surface area contributed by atoms with Gasteiger partial charge in [0.05, 0.1) is 18.2 Å². The molecule has 1 aliphatic heterocycles. The SMILES string of the molecule is COC(=O)c1ccccc1C(=O)N1c2ccccc2CC1C(N)=O. The number of carbonyl (C=O) groups is 3. The van der Waals surface area contributed by atoms with Crippen LogP contribution in [0.3, 0.4) is 0 Å². The predicted octanol–water partition coefficient (Wildman–Crippen LogP) is 1.53. The van der Waals surface area contributed by atoms with Gasteiger partial charge in [-0.1, -0.05) is 30.3 Å². The molecule has 2 amide bonds. The Hall–Kier alpha value is -3.15. The Balaban J connectivity index is 2.09. The number of hydrogen-bond acceptors (Lipinski definition) is 4. The lowest BCUT2D eigenvalue weighted by Gasteiger charge is -2.24. The number of esters is 1. The van der Waals surface area contributed by atoms with Crippen LogP contribution < -0.4 is 10.6 Å². The topological polar surface area (TPSA) is 89.7 Å². The van der Waals surface area contributed by atoms with Crippen LogP contribution in [0.1, 0.15) is 26.3 Å². The van der Waals surface area contributed by atoms with Gasteiger partial charge in [0.15, 0.2) is 0 Å². The fraction of sp³-hybridized carbons (Fsp3) is 0.167. The van der Waals surface area contributed by atoms with Crippen LogP contribution in [0.4, 0.5) is 5.69 Å². The minimum absolute atomic E-state index is 0.151. The molecule has 0 saturated carbocycles. The molecule has 1 aliphatic rings. The summed E-state index contributed by atoms with van der Waals surface area (Å²) in [4.78, 5) is 38.2. The standard InChI is InChI=1S/C18H16N2O4/c1-24-18(23)13-8-4-3-7-12(13)17(22)20-14-9-5-2-6-11(14)10-15(20)16(19)21/h2-9,15H,10H2,1H3,(H2,19,21). The summed E-state index contributed by atoms with van der Waals surface area (Å²) < 4.78 is 4.73. The number of hydrogen-bond donors (Lipinski definition) is 1. The maximum absolute atomic E-state index is 13.1. The van der Waals surface area contributed by atoms with E-state index in [9.17, 15) is 14.4 Å². The molecule has 2 aromatic rings. The number of methoxy groups -OCH3 is 1. The molecule has 0 bridgehead atoms. The summed E-state index contributed by atoms with van der Waals surface area (Å²) in [6.07, 6.45) is 0.359. The summed E-state index contributed by atoms with van der Waals surface area (Å²) in [5, 5.41) is 0. The van der Waals surface area contributed by atoms with E-state index in [0.29, 0.717) is 12.1 Å². The van der Waals surface area contributed by atoms with Gasteiger partial charge in [0.1, 0.15) is 6.04 Å². The van der Waals surface area contributed by atoms with Crippen molar-refractivity contribution >= 4 is 23.5 Å². The first-order valence-electron chi connectivity index (χ1n) is 7.42. The second-order valence-corrected chi connectivity index (χ2v) is 5.46. The average molecular weight is 324 g/mol. The van der Waals surface area contributed by atoms with Crippen molar-refractivity contribution in [2.75, 3.05) is 12.0 Å². The Morgan fingerprint density at radius 2 is 1.67 bits per heavy atom. The molecule has 6 heteroatoms. The fourth-order valence-corrected chi connectivity index (χ4v) is 2.95. The van der Waals surface area contributed by atoms with Gasteiger partial charge >= 0.3 is 5.97 Å². The molecule has 0 saturated heterocycles. The Labute approximate surface area is 138 Å². The molecule has 122 valence electrons. The summed E-state index contributed by atoms with van der Waals surface area (Å²) in [7, 11) is 1.25. The Bertz CT molecular complexity index is 831. The van der Waals surface area contributed by atoms with Gasteiger partial charge in [0.2, 0.25) is 5.91 Å². The van der Waals surface area contributed by atoms with Crippen LogP contribution in [0.2, 0.25) is 0 Å². The number of fused-ring (bicyclic) bond motifs is 1. The molecule has 1 heterocycles. The highest BCUT2D eigenvalue weighted by molar-refractivity contribution is 6.15. The van der Waals surface area contributed by atoms with E-state index in [1.165, 1.54) is 24.1 Å². The molecule has 24 heavy (non-hydrogen) atoms. The predicted molar refractivity (Wildman–Crippen MR) is 87.7 cm³/mol. The number of nitrogens with two attached hydrogens (primary N) is 1. The maximum Gasteiger partial charge on any atom is 0.338 e. The number of rotatable bonds is 3. The summed E-state index contributed by atoms with van der Waals surface area (Å²) >= 11 is 0. The van der Waals surface area contributed by atoms with Gasteiger partial charge in [0, 0.05) is 12.1 Å². The summed E-state index contributed by atoms with van der Waals surface area (Å²) in [6, 6.07) is 12.8. The van der Waals surface area contributed by atoms with Crippen molar-refractivity contribution in [2.24, 2.45) is 5.73 Å². The molecular weight excluding hydrogens is 308 g/mol. The van der Waals surface area contributed by atoms with E-state index < -0.39 is 23.8 Å². The zero-order valence-corrected chi connectivity index (χ0v) is 13.1. The van der Waals surface area contributed by atoms with Crippen molar-refractivity contribution in [3.05, 3.63) is 65.2 Å². The van der Waals surface area contributed by atoms with Crippen LogP contribution in [0.25, 0.3) is 0 Å². The van der Waals surface area contributed by atoms with Gasteiger partial charge in [-0.05, 0) is 23.8 Å². The molecule has 0 aliphatic carbocycles. The molecule has 0 radical (unpaired) electrons. The zero-order chi connectivity index (χ0) is 17.3. The number of para-hydroxylation sites is 1. The van der Waals surface area contributed by atoms with E-state index in [2.05, 4.69) is 0 Å². The van der Waals surface area contributed by atoms with E-state index in [4.69, 9.17) is 10.5 Å². The third kappa shape index (κ3) is 2.52. The highest BCUT2D eigenvalue weighted by Gasteiger charge is 2.38. The molecule has 0 spiro atoms. The highest BCUT2D eigenvalue weighted by atomic mass is 16.5. The normalized spacial score (nSPS) is 15.7. The molecule has 0 fully saturated rings. The molecular formula is C18H16N2O4. The Kier molecular flexibility index (Phi) is 4.04. The van der Waals surface area contributed by atoms with Crippen LogP contribution in [0, 0.1) is 0 Å². The average Bonchev–Trinajstić information content (AvgIpc) is 3.00. The van der Waals surface area contributed by atoms with Gasteiger partial charge in [-0.3, -0.25) is 14.5 Å². The third-order valence-electron chi connectivity index (χ3n) is 4.09. The molecule has 3 rings (SSSR count).